The molecular formula is C37H39F3N6O3. The lowest BCUT2D eigenvalue weighted by molar-refractivity contribution is 0.0977. The summed E-state index contributed by atoms with van der Waals surface area (Å²) in [5.74, 6) is 1.19. The Morgan fingerprint density at radius 2 is 1.88 bits per heavy atom. The van der Waals surface area contributed by atoms with Gasteiger partial charge in [0.25, 0.3) is 0 Å². The van der Waals surface area contributed by atoms with Gasteiger partial charge >= 0.3 is 6.01 Å². The molecule has 0 aliphatic carbocycles. The van der Waals surface area contributed by atoms with Crippen LogP contribution < -0.4 is 19.7 Å². The van der Waals surface area contributed by atoms with Gasteiger partial charge in [-0.1, -0.05) is 25.8 Å². The number of pyridine rings is 1. The minimum atomic E-state index is -0.838. The van der Waals surface area contributed by atoms with Crippen molar-refractivity contribution in [1.82, 2.24) is 25.2 Å². The summed E-state index contributed by atoms with van der Waals surface area (Å²) >= 11 is 0. The number of ether oxygens (including phenoxy) is 2. The molecular weight excluding hydrogens is 633 g/mol. The number of anilines is 1. The number of aromatic nitrogens is 3. The maximum Gasteiger partial charge on any atom is 0.319 e. The zero-order valence-corrected chi connectivity index (χ0v) is 27.8. The number of hydrogen-bond donors (Lipinski definition) is 2. The number of terminal acetylenes is 1. The molecule has 9 nitrogen and oxygen atoms in total. The topological polar surface area (TPSA) is 95.9 Å². The molecule has 3 fully saturated rings. The molecule has 49 heavy (non-hydrogen) atoms. The number of likely N-dealkylation sites (tertiary alicyclic amines) is 1. The summed E-state index contributed by atoms with van der Waals surface area (Å²) in [6.45, 7) is 9.45. The molecule has 5 heterocycles. The van der Waals surface area contributed by atoms with Crippen molar-refractivity contribution in [2.45, 2.75) is 52.1 Å². The van der Waals surface area contributed by atoms with Gasteiger partial charge < -0.3 is 29.7 Å². The fraction of sp³-hybridized carbons (Fsp3) is 0.432. The van der Waals surface area contributed by atoms with Crippen LogP contribution in [0.4, 0.5) is 19.0 Å². The van der Waals surface area contributed by atoms with E-state index in [1.807, 2.05) is 6.92 Å². The molecule has 0 spiro atoms. The number of aromatic hydroxyl groups is 1. The van der Waals surface area contributed by atoms with Crippen LogP contribution in [0.5, 0.6) is 17.6 Å². The van der Waals surface area contributed by atoms with Crippen molar-refractivity contribution in [3.8, 4) is 41.2 Å². The van der Waals surface area contributed by atoms with E-state index in [-0.39, 0.29) is 76.0 Å². The van der Waals surface area contributed by atoms with Crippen LogP contribution in [0.15, 0.2) is 36.2 Å². The number of piperidine rings is 1. The van der Waals surface area contributed by atoms with Gasteiger partial charge in [-0.15, -0.1) is 6.42 Å². The van der Waals surface area contributed by atoms with E-state index in [9.17, 15) is 13.9 Å². The van der Waals surface area contributed by atoms with Crippen LogP contribution in [0, 0.1) is 29.4 Å². The summed E-state index contributed by atoms with van der Waals surface area (Å²) < 4.78 is 58.6. The first kappa shape index (κ1) is 32.9. The first-order chi connectivity index (χ1) is 23.7. The van der Waals surface area contributed by atoms with Gasteiger partial charge in [-0.2, -0.15) is 9.97 Å². The number of piperazine rings is 1. The van der Waals surface area contributed by atoms with Crippen LogP contribution in [0.3, 0.4) is 0 Å². The van der Waals surface area contributed by atoms with E-state index in [2.05, 4.69) is 37.9 Å². The molecule has 2 aromatic carbocycles. The second kappa shape index (κ2) is 13.0. The Labute approximate surface area is 283 Å². The highest BCUT2D eigenvalue weighted by Gasteiger charge is 2.38. The molecule has 2 N–H and O–H groups in total. The summed E-state index contributed by atoms with van der Waals surface area (Å²) in [5.41, 5.74) is -0.369. The van der Waals surface area contributed by atoms with E-state index in [0.29, 0.717) is 49.2 Å². The smallest absolute Gasteiger partial charge is 0.319 e. The van der Waals surface area contributed by atoms with Gasteiger partial charge in [0.2, 0.25) is 5.88 Å². The quantitative estimate of drug-likeness (QED) is 0.215. The number of halogens is 3. The minimum absolute atomic E-state index is 0.0664. The molecule has 2 aromatic heterocycles. The molecule has 0 saturated carbocycles. The second-order valence-corrected chi connectivity index (χ2v) is 13.4. The third-order valence-corrected chi connectivity index (χ3v) is 10.1. The fourth-order valence-corrected chi connectivity index (χ4v) is 7.61. The monoisotopic (exact) mass is 672 g/mol. The average Bonchev–Trinajstić information content (AvgIpc) is 3.44. The van der Waals surface area contributed by atoms with Crippen LogP contribution in [-0.2, 0) is 0 Å². The van der Waals surface area contributed by atoms with Crippen molar-refractivity contribution in [3.05, 3.63) is 53.4 Å². The van der Waals surface area contributed by atoms with Crippen molar-refractivity contribution in [3.63, 3.8) is 0 Å². The van der Waals surface area contributed by atoms with E-state index in [1.54, 1.807) is 6.92 Å². The predicted molar refractivity (Wildman–Crippen MR) is 183 cm³/mol. The van der Waals surface area contributed by atoms with E-state index >= 15 is 4.39 Å². The number of fused-ring (bicyclic) bond motifs is 4. The van der Waals surface area contributed by atoms with E-state index < -0.39 is 17.0 Å². The highest BCUT2D eigenvalue weighted by Crippen LogP contribution is 2.43. The molecule has 0 radical (unpaired) electrons. The summed E-state index contributed by atoms with van der Waals surface area (Å²) in [4.78, 5) is 18.4. The van der Waals surface area contributed by atoms with Crippen molar-refractivity contribution in [2.75, 3.05) is 50.8 Å². The Morgan fingerprint density at radius 1 is 1.10 bits per heavy atom. The highest BCUT2D eigenvalue weighted by molar-refractivity contribution is 6.04. The Hall–Kier alpha value is -4.60. The third-order valence-electron chi connectivity index (χ3n) is 10.1. The lowest BCUT2D eigenvalue weighted by Gasteiger charge is -2.41. The van der Waals surface area contributed by atoms with Crippen LogP contribution in [0.2, 0.25) is 0 Å². The van der Waals surface area contributed by atoms with Crippen molar-refractivity contribution in [1.29, 1.82) is 0 Å². The summed E-state index contributed by atoms with van der Waals surface area (Å²) in [6.07, 6.45) is 8.97. The van der Waals surface area contributed by atoms with Crippen molar-refractivity contribution in [2.24, 2.45) is 5.41 Å². The van der Waals surface area contributed by atoms with Gasteiger partial charge in [-0.25, -0.2) is 18.2 Å². The number of benzene rings is 2. The van der Waals surface area contributed by atoms with Gasteiger partial charge in [-0.05, 0) is 61.9 Å². The lowest BCUT2D eigenvalue weighted by Crippen LogP contribution is -2.51. The molecule has 0 amide bonds. The normalized spacial score (nSPS) is 23.4. The molecule has 3 aliphatic heterocycles. The minimum Gasteiger partial charge on any atom is -0.508 e. The Morgan fingerprint density at radius 3 is 2.57 bits per heavy atom. The summed E-state index contributed by atoms with van der Waals surface area (Å²) in [7, 11) is 0. The van der Waals surface area contributed by atoms with Gasteiger partial charge in [0.1, 0.15) is 40.6 Å². The van der Waals surface area contributed by atoms with Gasteiger partial charge in [-0.3, -0.25) is 0 Å². The molecule has 7 rings (SSSR count). The van der Waals surface area contributed by atoms with E-state index in [0.717, 1.165) is 25.9 Å². The van der Waals surface area contributed by atoms with Gasteiger partial charge in [0, 0.05) is 54.6 Å². The Kier molecular flexibility index (Phi) is 8.75. The predicted octanol–water partition coefficient (Wildman–Crippen LogP) is 6.11. The molecule has 0 unspecified atom stereocenters. The van der Waals surface area contributed by atoms with Crippen LogP contribution in [0.25, 0.3) is 32.9 Å². The zero-order chi connectivity index (χ0) is 34.4. The third kappa shape index (κ3) is 5.89. The Bertz CT molecular complexity index is 2000. The number of rotatable bonds is 8. The molecule has 12 heteroatoms. The van der Waals surface area contributed by atoms with Gasteiger partial charge in [0.15, 0.2) is 5.82 Å². The van der Waals surface area contributed by atoms with E-state index in [4.69, 9.17) is 20.9 Å². The first-order valence-electron chi connectivity index (χ1n) is 16.8. The molecule has 3 aliphatic rings. The number of nitrogens with one attached hydrogen (secondary N) is 1. The second-order valence-electron chi connectivity index (χ2n) is 13.4. The molecule has 3 saturated heterocycles. The average molecular weight is 673 g/mol. The maximum atomic E-state index is 17.2. The highest BCUT2D eigenvalue weighted by atomic mass is 19.1. The summed E-state index contributed by atoms with van der Waals surface area (Å²) in [6, 6.07) is 5.79. The molecule has 4 aromatic rings. The zero-order valence-electron chi connectivity index (χ0n) is 27.8. The number of phenolic OH excluding ortho intramolecular Hbond substituents is 1. The Balaban J connectivity index is 1.44. The van der Waals surface area contributed by atoms with Crippen LogP contribution in [-0.4, -0.2) is 83.0 Å². The lowest BCUT2D eigenvalue weighted by atomic mass is 9.78. The molecule has 2 bridgehead atoms. The standard InChI is InChI=1S/C37H39F3N6O3/c1-5-26-28(39)11-8-21-14-25(47)15-27(29(21)26)32-31(40)33-30(35(42-32)48-7-3)34(46-17-23-9-10-24(18-46)41-23)44-36(43-33)49-20-37(4)19-45(6-2)13-12-22(37)16-38/h1,8,11,14-16,23-24,41,47H,6-7,9-10,12-13,17-20H2,2-4H3/b22-16+/t23-,24+,37-/m0/s1. The van der Waals surface area contributed by atoms with Crippen molar-refractivity contribution >= 4 is 27.5 Å². The first-order valence-corrected chi connectivity index (χ1v) is 16.8. The number of hydrogen-bond acceptors (Lipinski definition) is 9. The maximum absolute atomic E-state index is 17.2. The van der Waals surface area contributed by atoms with Crippen LogP contribution in [0.1, 0.15) is 45.6 Å². The van der Waals surface area contributed by atoms with E-state index in [1.165, 1.54) is 24.3 Å². The number of nitrogens with zero attached hydrogens (tertiary/aromatic N) is 5. The molecule has 256 valence electrons. The SMILES string of the molecule is C#Cc1c(F)ccc2cc(O)cc(-c3nc(OCC)c4c(N5C[C@H]6CC[C@@H](C5)N6)nc(OC[C@]5(C)CN(CC)CC/C5=C\F)nc4c3F)c12. The molecule has 3 atom stereocenters. The van der Waals surface area contributed by atoms with Crippen LogP contribution >= 0.6 is 0 Å². The largest absolute Gasteiger partial charge is 0.508 e. The number of phenols is 1. The summed E-state index contributed by atoms with van der Waals surface area (Å²) in [5, 5.41) is 15.2. The van der Waals surface area contributed by atoms with Crippen molar-refractivity contribution < 1.29 is 27.8 Å². The van der Waals surface area contributed by atoms with Gasteiger partial charge in [0.05, 0.1) is 18.5 Å². The fourth-order valence-electron chi connectivity index (χ4n) is 7.61.